The molecule has 0 saturated carbocycles. The molecular formula is C25H21NO3S2. The Hall–Kier alpha value is -3.09. The minimum atomic E-state index is -0.141. The van der Waals surface area contributed by atoms with Gasteiger partial charge in [-0.1, -0.05) is 66.4 Å². The lowest BCUT2D eigenvalue weighted by atomic mass is 10.1. The molecule has 0 atom stereocenters. The molecule has 1 aliphatic rings. The van der Waals surface area contributed by atoms with Crippen LogP contribution in [0.3, 0.4) is 0 Å². The van der Waals surface area contributed by atoms with E-state index in [1.807, 2.05) is 85.8 Å². The molecular weight excluding hydrogens is 426 g/mol. The number of benzene rings is 3. The summed E-state index contributed by atoms with van der Waals surface area (Å²) >= 11 is 6.79. The van der Waals surface area contributed by atoms with Crippen molar-refractivity contribution in [3.05, 3.63) is 94.4 Å². The van der Waals surface area contributed by atoms with Crippen molar-refractivity contribution in [1.82, 2.24) is 0 Å². The van der Waals surface area contributed by atoms with Crippen molar-refractivity contribution in [3.8, 4) is 11.5 Å². The van der Waals surface area contributed by atoms with Crippen molar-refractivity contribution in [2.75, 3.05) is 12.0 Å². The summed E-state index contributed by atoms with van der Waals surface area (Å²) < 4.78 is 11.9. The van der Waals surface area contributed by atoms with Gasteiger partial charge in [0.25, 0.3) is 5.91 Å². The average Bonchev–Trinajstić information content (AvgIpc) is 3.06. The number of methoxy groups -OCH3 is 1. The van der Waals surface area contributed by atoms with E-state index in [1.54, 1.807) is 12.0 Å². The van der Waals surface area contributed by atoms with Gasteiger partial charge in [0.1, 0.15) is 18.1 Å². The van der Waals surface area contributed by atoms with Gasteiger partial charge >= 0.3 is 0 Å². The van der Waals surface area contributed by atoms with Crippen molar-refractivity contribution in [2.45, 2.75) is 13.5 Å². The molecule has 31 heavy (non-hydrogen) atoms. The molecule has 1 amide bonds. The first-order valence-corrected chi connectivity index (χ1v) is 11.0. The number of thiocarbonyl (C=S) groups is 1. The lowest BCUT2D eigenvalue weighted by molar-refractivity contribution is -0.113. The number of hydrogen-bond donors (Lipinski definition) is 0. The van der Waals surface area contributed by atoms with E-state index in [-0.39, 0.29) is 5.91 Å². The second-order valence-electron chi connectivity index (χ2n) is 7.03. The molecule has 3 aromatic rings. The number of ether oxygens (including phenoxy) is 2. The van der Waals surface area contributed by atoms with Crippen LogP contribution in [0.5, 0.6) is 11.5 Å². The van der Waals surface area contributed by atoms with E-state index in [0.717, 1.165) is 22.4 Å². The number of carbonyl (C=O) groups is 1. The minimum Gasteiger partial charge on any atom is -0.497 e. The molecule has 0 spiro atoms. The number of amides is 1. The van der Waals surface area contributed by atoms with Crippen LogP contribution in [0.15, 0.2) is 77.7 Å². The minimum absolute atomic E-state index is 0.141. The predicted molar refractivity (Wildman–Crippen MR) is 131 cm³/mol. The summed E-state index contributed by atoms with van der Waals surface area (Å²) in [7, 11) is 1.61. The maximum atomic E-state index is 13.2. The molecule has 1 fully saturated rings. The molecule has 0 aromatic heterocycles. The van der Waals surface area contributed by atoms with Crippen molar-refractivity contribution in [1.29, 1.82) is 0 Å². The Morgan fingerprint density at radius 1 is 1.03 bits per heavy atom. The number of thioether (sulfide) groups is 1. The maximum absolute atomic E-state index is 13.2. The Kier molecular flexibility index (Phi) is 6.39. The largest absolute Gasteiger partial charge is 0.497 e. The molecule has 1 heterocycles. The van der Waals surface area contributed by atoms with Crippen LogP contribution >= 0.6 is 24.0 Å². The molecule has 0 aliphatic carbocycles. The van der Waals surface area contributed by atoms with Crippen molar-refractivity contribution < 1.29 is 14.3 Å². The molecule has 6 heteroatoms. The molecule has 4 rings (SSSR count). The van der Waals surface area contributed by atoms with Crippen LogP contribution < -0.4 is 14.4 Å². The zero-order valence-electron chi connectivity index (χ0n) is 17.2. The molecule has 0 radical (unpaired) electrons. The zero-order chi connectivity index (χ0) is 21.8. The van der Waals surface area contributed by atoms with E-state index in [1.165, 1.54) is 11.8 Å². The Morgan fingerprint density at radius 2 is 1.84 bits per heavy atom. The first kappa shape index (κ1) is 21.2. The Balaban J connectivity index is 1.64. The van der Waals surface area contributed by atoms with E-state index in [2.05, 4.69) is 0 Å². The van der Waals surface area contributed by atoms with E-state index in [0.29, 0.717) is 27.3 Å². The van der Waals surface area contributed by atoms with Gasteiger partial charge in [0.2, 0.25) is 0 Å². The van der Waals surface area contributed by atoms with Crippen LogP contribution in [-0.4, -0.2) is 17.3 Å². The van der Waals surface area contributed by atoms with Gasteiger partial charge in [0.05, 0.1) is 17.7 Å². The van der Waals surface area contributed by atoms with Crippen molar-refractivity contribution >= 4 is 46.0 Å². The summed E-state index contributed by atoms with van der Waals surface area (Å²) in [5, 5.41) is 0. The highest BCUT2D eigenvalue weighted by Gasteiger charge is 2.33. The molecule has 0 unspecified atom stereocenters. The van der Waals surface area contributed by atoms with E-state index in [4.69, 9.17) is 21.7 Å². The van der Waals surface area contributed by atoms with Crippen molar-refractivity contribution in [2.24, 2.45) is 0 Å². The Labute approximate surface area is 191 Å². The summed E-state index contributed by atoms with van der Waals surface area (Å²) in [6.45, 7) is 2.42. The number of hydrogen-bond acceptors (Lipinski definition) is 5. The molecule has 4 nitrogen and oxygen atoms in total. The summed E-state index contributed by atoms with van der Waals surface area (Å²) in [5.41, 5.74) is 3.67. The zero-order valence-corrected chi connectivity index (χ0v) is 18.8. The van der Waals surface area contributed by atoms with Gasteiger partial charge in [-0.3, -0.25) is 9.69 Å². The SMILES string of the molecule is COc1ccc(OCc2ccccc2)c(/C=C2\SC(=S)N(c3cccc(C)c3)C2=O)c1. The molecule has 0 N–H and O–H groups in total. The monoisotopic (exact) mass is 447 g/mol. The van der Waals surface area contributed by atoms with Crippen LogP contribution in [-0.2, 0) is 11.4 Å². The standard InChI is InChI=1S/C25H21NO3S2/c1-17-7-6-10-20(13-17)26-24(27)23(31-25(26)30)15-19-14-21(28-2)11-12-22(19)29-16-18-8-4-3-5-9-18/h3-15H,16H2,1-2H3/b23-15-. The lowest BCUT2D eigenvalue weighted by Gasteiger charge is -2.15. The molecule has 156 valence electrons. The highest BCUT2D eigenvalue weighted by Crippen LogP contribution is 2.38. The van der Waals surface area contributed by atoms with Gasteiger partial charge in [-0.05, 0) is 54.5 Å². The van der Waals surface area contributed by atoms with E-state index in [9.17, 15) is 4.79 Å². The van der Waals surface area contributed by atoms with Crippen LogP contribution in [0.1, 0.15) is 16.7 Å². The third-order valence-electron chi connectivity index (χ3n) is 4.79. The van der Waals surface area contributed by atoms with E-state index < -0.39 is 0 Å². The summed E-state index contributed by atoms with van der Waals surface area (Å²) in [5.74, 6) is 1.22. The lowest BCUT2D eigenvalue weighted by Crippen LogP contribution is -2.27. The smallest absolute Gasteiger partial charge is 0.270 e. The first-order chi connectivity index (χ1) is 15.0. The third kappa shape index (κ3) is 4.81. The van der Waals surface area contributed by atoms with Crippen LogP contribution in [0.4, 0.5) is 5.69 Å². The predicted octanol–water partition coefficient (Wildman–Crippen LogP) is 5.99. The summed E-state index contributed by atoms with van der Waals surface area (Å²) in [6.07, 6.45) is 1.82. The summed E-state index contributed by atoms with van der Waals surface area (Å²) in [6, 6.07) is 23.3. The Morgan fingerprint density at radius 3 is 2.58 bits per heavy atom. The van der Waals surface area contributed by atoms with Gasteiger partial charge in [-0.25, -0.2) is 0 Å². The fourth-order valence-corrected chi connectivity index (χ4v) is 4.52. The number of aryl methyl sites for hydroxylation is 1. The fourth-order valence-electron chi connectivity index (χ4n) is 3.23. The fraction of sp³-hybridized carbons (Fsp3) is 0.120. The first-order valence-electron chi connectivity index (χ1n) is 9.74. The molecule has 1 saturated heterocycles. The Bertz CT molecular complexity index is 1160. The van der Waals surface area contributed by atoms with Gasteiger partial charge in [0, 0.05) is 5.56 Å². The van der Waals surface area contributed by atoms with E-state index >= 15 is 0 Å². The van der Waals surface area contributed by atoms with Gasteiger partial charge in [-0.2, -0.15) is 0 Å². The van der Waals surface area contributed by atoms with Gasteiger partial charge in [-0.15, -0.1) is 0 Å². The highest BCUT2D eigenvalue weighted by molar-refractivity contribution is 8.27. The number of rotatable bonds is 6. The molecule has 1 aliphatic heterocycles. The number of nitrogens with zero attached hydrogens (tertiary/aromatic N) is 1. The average molecular weight is 448 g/mol. The maximum Gasteiger partial charge on any atom is 0.270 e. The third-order valence-corrected chi connectivity index (χ3v) is 6.10. The molecule has 3 aromatic carbocycles. The second-order valence-corrected chi connectivity index (χ2v) is 8.71. The highest BCUT2D eigenvalue weighted by atomic mass is 32.2. The number of anilines is 1. The normalized spacial score (nSPS) is 14.9. The number of carbonyl (C=O) groups excluding carboxylic acids is 1. The van der Waals surface area contributed by atoms with Crippen LogP contribution in [0.25, 0.3) is 6.08 Å². The topological polar surface area (TPSA) is 38.8 Å². The van der Waals surface area contributed by atoms with Gasteiger partial charge < -0.3 is 9.47 Å². The van der Waals surface area contributed by atoms with Crippen LogP contribution in [0, 0.1) is 6.92 Å². The molecule has 0 bridgehead atoms. The van der Waals surface area contributed by atoms with Crippen LogP contribution in [0.2, 0.25) is 0 Å². The second kappa shape index (κ2) is 9.37. The quantitative estimate of drug-likeness (QED) is 0.343. The van der Waals surface area contributed by atoms with Crippen molar-refractivity contribution in [3.63, 3.8) is 0 Å². The summed E-state index contributed by atoms with van der Waals surface area (Å²) in [4.78, 5) is 15.3. The van der Waals surface area contributed by atoms with Gasteiger partial charge in [0.15, 0.2) is 4.32 Å².